The molecule has 5 fully saturated rings. The summed E-state index contributed by atoms with van der Waals surface area (Å²) >= 11 is 1.41. The summed E-state index contributed by atoms with van der Waals surface area (Å²) < 4.78 is 12.5. The van der Waals surface area contributed by atoms with Crippen LogP contribution in [0.5, 0.6) is 0 Å². The van der Waals surface area contributed by atoms with Gasteiger partial charge in [-0.2, -0.15) is 0 Å². The normalized spacial score (nSPS) is 52.7. The van der Waals surface area contributed by atoms with Crippen molar-refractivity contribution in [3.8, 4) is 0 Å². The first kappa shape index (κ1) is 20.2. The Morgan fingerprint density at radius 3 is 2.69 bits per heavy atom. The number of thiazole rings is 1. The number of hydrogen-bond donors (Lipinski definition) is 1. The van der Waals surface area contributed by atoms with Gasteiger partial charge in [0.25, 0.3) is 0 Å². The molecule has 1 spiro atoms. The number of aromatic nitrogens is 1. The van der Waals surface area contributed by atoms with E-state index >= 15 is 0 Å². The Balaban J connectivity index is 0.00000168. The summed E-state index contributed by atoms with van der Waals surface area (Å²) in [6.07, 6.45) is 4.86. The zero-order valence-corrected chi connectivity index (χ0v) is 20.9. The zero-order valence-electron chi connectivity index (χ0n) is 15.4. The number of fused-ring (bicyclic) bond motifs is 2. The molecule has 0 aromatic carbocycles. The van der Waals surface area contributed by atoms with Gasteiger partial charge in [-0.1, -0.05) is 13.8 Å². The maximum absolute atomic E-state index is 11.5. The number of aliphatic hydroxyl groups is 1. The topological polar surface area (TPSA) is 70.0 Å². The van der Waals surface area contributed by atoms with E-state index in [0.29, 0.717) is 16.8 Å². The minimum Gasteiger partial charge on any atom is -0.360 e. The number of hydrogen-bond acceptors (Lipinski definition) is 7. The Kier molecular flexibility index (Phi) is 5.19. The van der Waals surface area contributed by atoms with E-state index in [9.17, 15) is 5.11 Å². The summed E-state index contributed by atoms with van der Waals surface area (Å²) in [5.74, 6) is -1.56. The van der Waals surface area contributed by atoms with Crippen molar-refractivity contribution in [2.45, 2.75) is 69.9 Å². The van der Waals surface area contributed by atoms with Crippen molar-refractivity contribution in [3.63, 3.8) is 0 Å². The van der Waals surface area contributed by atoms with Gasteiger partial charge in [-0.05, 0) is 38.0 Å². The van der Waals surface area contributed by atoms with Gasteiger partial charge < -0.3 is 14.6 Å². The van der Waals surface area contributed by atoms with Crippen molar-refractivity contribution in [2.24, 2.45) is 23.7 Å². The Hall–Kier alpha value is 0.872. The molecule has 26 heavy (non-hydrogen) atoms. The summed E-state index contributed by atoms with van der Waals surface area (Å²) in [5.41, 5.74) is -0.656. The van der Waals surface area contributed by atoms with Crippen LogP contribution in [0.2, 0.25) is 0 Å². The molecule has 8 heteroatoms. The van der Waals surface area contributed by atoms with Crippen molar-refractivity contribution in [3.05, 3.63) is 16.6 Å². The minimum absolute atomic E-state index is 0. The third-order valence-corrected chi connectivity index (χ3v) is 7.90. The van der Waals surface area contributed by atoms with Gasteiger partial charge in [0, 0.05) is 73.9 Å². The third-order valence-electron chi connectivity index (χ3n) is 7.02. The Morgan fingerprint density at radius 1 is 1.15 bits per heavy atom. The van der Waals surface area contributed by atoms with Crippen LogP contribution in [0.15, 0.2) is 11.6 Å². The van der Waals surface area contributed by atoms with Crippen LogP contribution in [0.1, 0.15) is 51.5 Å². The van der Waals surface area contributed by atoms with E-state index in [1.54, 1.807) is 6.20 Å². The van der Waals surface area contributed by atoms with Crippen LogP contribution < -0.4 is 0 Å². The second-order valence-electron chi connectivity index (χ2n) is 8.35. The van der Waals surface area contributed by atoms with Gasteiger partial charge in [-0.25, -0.2) is 14.8 Å². The first-order valence-corrected chi connectivity index (χ1v) is 10.1. The maximum atomic E-state index is 11.5. The standard InChI is InChI=1S/C18H25NO5S.Ac/c1-10-4-5-13-11(2)18(20,14-19-8-9-25-14)22-15-17(13)12(10)6-7-16(3,21-15)23-24-17;/h8-13,15,20H,4-7H2,1-3H3;/t10-,11?,12?,13?,15?,16?,17-,18?;/m1./s1. The molecule has 6 unspecified atom stereocenters. The summed E-state index contributed by atoms with van der Waals surface area (Å²) in [6.45, 7) is 6.20. The molecule has 4 saturated heterocycles. The molecule has 0 amide bonds. The fraction of sp³-hybridized carbons (Fsp3) is 0.833. The van der Waals surface area contributed by atoms with E-state index in [4.69, 9.17) is 19.2 Å². The molecule has 1 aliphatic carbocycles. The SMILES string of the molecule is CC1C2CC[C@@H](C)C3CCC4(C)OO[C@@]23C(O4)OC1(O)c1nccs1.[Ac]. The summed E-state index contributed by atoms with van der Waals surface area (Å²) in [4.78, 5) is 16.2. The monoisotopic (exact) mass is 594 g/mol. The molecule has 1 aromatic heterocycles. The van der Waals surface area contributed by atoms with Crippen LogP contribution in [-0.4, -0.2) is 27.8 Å². The van der Waals surface area contributed by atoms with Crippen LogP contribution >= 0.6 is 11.3 Å². The van der Waals surface area contributed by atoms with Crippen molar-refractivity contribution >= 4 is 11.3 Å². The smallest absolute Gasteiger partial charge is 0.225 e. The predicted molar refractivity (Wildman–Crippen MR) is 89.1 cm³/mol. The quantitative estimate of drug-likeness (QED) is 0.505. The van der Waals surface area contributed by atoms with Crippen molar-refractivity contribution in [2.75, 3.05) is 0 Å². The Labute approximate surface area is 193 Å². The molecule has 1 aromatic rings. The van der Waals surface area contributed by atoms with Crippen molar-refractivity contribution < 1.29 is 68.4 Å². The van der Waals surface area contributed by atoms with E-state index in [0.717, 1.165) is 25.7 Å². The van der Waals surface area contributed by atoms with Crippen LogP contribution in [0.3, 0.4) is 0 Å². The Bertz CT molecular complexity index is 677. The van der Waals surface area contributed by atoms with Gasteiger partial charge in [-0.15, -0.1) is 11.3 Å². The molecule has 2 bridgehead atoms. The molecule has 6 rings (SSSR count). The van der Waals surface area contributed by atoms with Crippen molar-refractivity contribution in [1.29, 1.82) is 0 Å². The van der Waals surface area contributed by atoms with Crippen molar-refractivity contribution in [1.82, 2.24) is 4.98 Å². The van der Waals surface area contributed by atoms with Gasteiger partial charge in [0.2, 0.25) is 11.6 Å². The maximum Gasteiger partial charge on any atom is 0.225 e. The van der Waals surface area contributed by atoms with E-state index in [1.165, 1.54) is 11.3 Å². The van der Waals surface area contributed by atoms with Crippen LogP contribution in [0.4, 0.5) is 0 Å². The number of nitrogens with zero attached hydrogens (tertiary/aromatic N) is 1. The summed E-state index contributed by atoms with van der Waals surface area (Å²) in [6, 6.07) is 0. The number of rotatable bonds is 1. The molecule has 1 N–H and O–H groups in total. The molecule has 5 aliphatic rings. The van der Waals surface area contributed by atoms with Gasteiger partial charge in [0.15, 0.2) is 16.9 Å². The largest absolute Gasteiger partial charge is 0.360 e. The molecule has 141 valence electrons. The van der Waals surface area contributed by atoms with E-state index in [-0.39, 0.29) is 55.9 Å². The van der Waals surface area contributed by atoms with Gasteiger partial charge in [0.1, 0.15) is 0 Å². The third kappa shape index (κ3) is 2.60. The average molecular weight is 594 g/mol. The molecule has 4 aliphatic heterocycles. The van der Waals surface area contributed by atoms with Gasteiger partial charge >= 0.3 is 0 Å². The van der Waals surface area contributed by atoms with Gasteiger partial charge in [-0.3, -0.25) is 0 Å². The molecular weight excluding hydrogens is 569 g/mol. The molecule has 1 saturated carbocycles. The van der Waals surface area contributed by atoms with Crippen LogP contribution in [-0.2, 0) is 25.0 Å². The fourth-order valence-electron chi connectivity index (χ4n) is 5.57. The molecule has 1 radical (unpaired) electrons. The second kappa shape index (κ2) is 6.70. The Morgan fingerprint density at radius 2 is 1.96 bits per heavy atom. The average Bonchev–Trinajstić information content (AvgIpc) is 3.03. The molecular formula is C18H25AcNO5S. The van der Waals surface area contributed by atoms with E-state index in [1.807, 2.05) is 19.2 Å². The molecule has 6 nitrogen and oxygen atoms in total. The van der Waals surface area contributed by atoms with Crippen LogP contribution in [0, 0.1) is 67.7 Å². The van der Waals surface area contributed by atoms with Crippen LogP contribution in [0.25, 0.3) is 0 Å². The second-order valence-corrected chi connectivity index (χ2v) is 9.24. The summed E-state index contributed by atoms with van der Waals surface area (Å²) in [7, 11) is 0. The van der Waals surface area contributed by atoms with E-state index < -0.39 is 23.5 Å². The minimum atomic E-state index is -1.45. The summed E-state index contributed by atoms with van der Waals surface area (Å²) in [5, 5.41) is 13.9. The first-order chi connectivity index (χ1) is 11.9. The first-order valence-electron chi connectivity index (χ1n) is 9.24. The zero-order chi connectivity index (χ0) is 17.4. The fourth-order valence-corrected chi connectivity index (χ4v) is 6.35. The van der Waals surface area contributed by atoms with E-state index in [2.05, 4.69) is 11.9 Å². The number of ether oxygens (including phenoxy) is 2. The molecule has 8 atom stereocenters. The predicted octanol–water partition coefficient (Wildman–Crippen LogP) is 3.17. The molecule has 5 heterocycles. The van der Waals surface area contributed by atoms with Gasteiger partial charge in [0.05, 0.1) is 0 Å².